The predicted octanol–water partition coefficient (Wildman–Crippen LogP) is 1.61. The fourth-order valence-corrected chi connectivity index (χ4v) is 3.30. The Bertz CT molecular complexity index is 305. The number of likely N-dealkylation sites (tertiary alicyclic amines) is 1. The van der Waals surface area contributed by atoms with Crippen LogP contribution in [0.5, 0.6) is 0 Å². The van der Waals surface area contributed by atoms with Gasteiger partial charge in [-0.15, -0.1) is 0 Å². The Morgan fingerprint density at radius 2 is 1.95 bits per heavy atom. The Kier molecular flexibility index (Phi) is 5.85. The van der Waals surface area contributed by atoms with Crippen LogP contribution in [0.4, 0.5) is 0 Å². The highest BCUT2D eigenvalue weighted by Crippen LogP contribution is 2.25. The third kappa shape index (κ3) is 4.45. The highest BCUT2D eigenvalue weighted by atomic mass is 16.2. The van der Waals surface area contributed by atoms with Gasteiger partial charge in [-0.2, -0.15) is 0 Å². The second-order valence-corrected chi connectivity index (χ2v) is 6.92. The minimum Gasteiger partial charge on any atom is -0.352 e. The number of nitrogens with zero attached hydrogens (tertiary/aromatic N) is 1. The average Bonchev–Trinajstić information content (AvgIpc) is 2.93. The molecule has 116 valence electrons. The van der Waals surface area contributed by atoms with Crippen LogP contribution in [0.1, 0.15) is 46.5 Å². The van der Waals surface area contributed by atoms with E-state index in [4.69, 9.17) is 0 Å². The molecule has 2 aliphatic rings. The highest BCUT2D eigenvalue weighted by Gasteiger charge is 2.28. The number of rotatable bonds is 5. The van der Waals surface area contributed by atoms with E-state index < -0.39 is 0 Å². The van der Waals surface area contributed by atoms with E-state index >= 15 is 0 Å². The molecule has 4 nitrogen and oxygen atoms in total. The van der Waals surface area contributed by atoms with E-state index in [-0.39, 0.29) is 11.9 Å². The van der Waals surface area contributed by atoms with Crippen molar-refractivity contribution in [1.29, 1.82) is 0 Å². The number of nitrogens with one attached hydrogen (secondary N) is 2. The van der Waals surface area contributed by atoms with Crippen LogP contribution < -0.4 is 10.6 Å². The van der Waals surface area contributed by atoms with Crippen LogP contribution in [0.3, 0.4) is 0 Å². The van der Waals surface area contributed by atoms with E-state index in [1.54, 1.807) is 0 Å². The summed E-state index contributed by atoms with van der Waals surface area (Å²) in [7, 11) is 0. The minimum atomic E-state index is 0.184. The molecule has 2 unspecified atom stereocenters. The van der Waals surface area contributed by atoms with E-state index in [1.807, 2.05) is 0 Å². The molecule has 2 aliphatic heterocycles. The first-order valence-electron chi connectivity index (χ1n) is 8.31. The van der Waals surface area contributed by atoms with Crippen LogP contribution in [-0.4, -0.2) is 49.1 Å². The first-order valence-corrected chi connectivity index (χ1v) is 8.31. The van der Waals surface area contributed by atoms with E-state index in [0.29, 0.717) is 12.5 Å². The molecule has 0 radical (unpaired) electrons. The summed E-state index contributed by atoms with van der Waals surface area (Å²) in [4.78, 5) is 14.3. The van der Waals surface area contributed by atoms with Crippen LogP contribution in [0.2, 0.25) is 0 Å². The molecule has 2 saturated heterocycles. The van der Waals surface area contributed by atoms with Gasteiger partial charge in [0, 0.05) is 12.1 Å². The van der Waals surface area contributed by atoms with Crippen molar-refractivity contribution >= 4 is 5.91 Å². The van der Waals surface area contributed by atoms with Crippen molar-refractivity contribution in [3.05, 3.63) is 0 Å². The Labute approximate surface area is 123 Å². The van der Waals surface area contributed by atoms with Crippen molar-refractivity contribution in [2.75, 3.05) is 26.2 Å². The second kappa shape index (κ2) is 7.41. The van der Waals surface area contributed by atoms with Crippen LogP contribution in [0, 0.1) is 11.8 Å². The molecule has 1 amide bonds. The molecule has 4 heteroatoms. The molecule has 0 aromatic rings. The predicted molar refractivity (Wildman–Crippen MR) is 82.6 cm³/mol. The Morgan fingerprint density at radius 3 is 2.50 bits per heavy atom. The Morgan fingerprint density at radius 1 is 1.25 bits per heavy atom. The summed E-state index contributed by atoms with van der Waals surface area (Å²) in [5.74, 6) is 1.51. The summed E-state index contributed by atoms with van der Waals surface area (Å²) in [6.45, 7) is 10.3. The molecule has 2 rings (SSSR count). The van der Waals surface area contributed by atoms with Gasteiger partial charge in [0.15, 0.2) is 0 Å². The monoisotopic (exact) mass is 281 g/mol. The molecule has 20 heavy (non-hydrogen) atoms. The number of carbonyl (C=O) groups is 1. The summed E-state index contributed by atoms with van der Waals surface area (Å²) in [6, 6.07) is 1.01. The van der Waals surface area contributed by atoms with Gasteiger partial charge in [0.1, 0.15) is 0 Å². The van der Waals surface area contributed by atoms with Crippen LogP contribution in [0.25, 0.3) is 0 Å². The van der Waals surface area contributed by atoms with Crippen LogP contribution in [-0.2, 0) is 4.79 Å². The van der Waals surface area contributed by atoms with Gasteiger partial charge in [-0.3, -0.25) is 9.69 Å². The van der Waals surface area contributed by atoms with E-state index in [0.717, 1.165) is 25.0 Å². The number of hydrogen-bond donors (Lipinski definition) is 2. The molecule has 2 atom stereocenters. The van der Waals surface area contributed by atoms with E-state index in [1.165, 1.54) is 32.2 Å². The first kappa shape index (κ1) is 15.8. The van der Waals surface area contributed by atoms with Gasteiger partial charge in [-0.1, -0.05) is 13.8 Å². The molecular formula is C16H31N3O. The first-order chi connectivity index (χ1) is 9.56. The fraction of sp³-hybridized carbons (Fsp3) is 0.938. The zero-order valence-electron chi connectivity index (χ0n) is 13.3. The number of piperidine rings is 1. The number of carbonyl (C=O) groups excluding carboxylic acids is 1. The molecule has 2 N–H and O–H groups in total. The summed E-state index contributed by atoms with van der Waals surface area (Å²) in [6.07, 6.45) is 5.16. The maximum atomic E-state index is 12.0. The SMILES string of the molecule is CC(C)C(C)NC(=O)CN1CCC(C2CCCN2)CC1. The molecule has 0 aromatic carbocycles. The Hall–Kier alpha value is -0.610. The topological polar surface area (TPSA) is 44.4 Å². The quantitative estimate of drug-likeness (QED) is 0.805. The largest absolute Gasteiger partial charge is 0.352 e. The fourth-order valence-electron chi connectivity index (χ4n) is 3.30. The third-order valence-electron chi connectivity index (χ3n) is 5.06. The highest BCUT2D eigenvalue weighted by molar-refractivity contribution is 5.78. The lowest BCUT2D eigenvalue weighted by molar-refractivity contribution is -0.123. The normalized spacial score (nSPS) is 26.9. The number of hydrogen-bond acceptors (Lipinski definition) is 3. The maximum Gasteiger partial charge on any atom is 0.234 e. The van der Waals surface area contributed by atoms with Gasteiger partial charge in [0.05, 0.1) is 6.54 Å². The molecule has 0 saturated carbocycles. The summed E-state index contributed by atoms with van der Waals surface area (Å²) in [5.41, 5.74) is 0. The van der Waals surface area contributed by atoms with Gasteiger partial charge in [0.2, 0.25) is 5.91 Å². The molecule has 2 heterocycles. The van der Waals surface area contributed by atoms with E-state index in [9.17, 15) is 4.79 Å². The van der Waals surface area contributed by atoms with Crippen LogP contribution in [0.15, 0.2) is 0 Å². The lowest BCUT2D eigenvalue weighted by Crippen LogP contribution is -2.46. The summed E-state index contributed by atoms with van der Waals surface area (Å²) < 4.78 is 0. The standard InChI is InChI=1S/C16H31N3O/c1-12(2)13(3)18-16(20)11-19-9-6-14(7-10-19)15-5-4-8-17-15/h12-15,17H,4-11H2,1-3H3,(H,18,20). The number of amides is 1. The molecular weight excluding hydrogens is 250 g/mol. The van der Waals surface area contributed by atoms with Crippen molar-refractivity contribution in [3.63, 3.8) is 0 Å². The minimum absolute atomic E-state index is 0.184. The molecule has 0 aromatic heterocycles. The maximum absolute atomic E-state index is 12.0. The van der Waals surface area contributed by atoms with Gasteiger partial charge < -0.3 is 10.6 Å². The van der Waals surface area contributed by atoms with Gasteiger partial charge in [-0.25, -0.2) is 0 Å². The Balaban J connectivity index is 1.67. The summed E-state index contributed by atoms with van der Waals surface area (Å²) >= 11 is 0. The van der Waals surface area contributed by atoms with Crippen molar-refractivity contribution in [1.82, 2.24) is 15.5 Å². The van der Waals surface area contributed by atoms with Gasteiger partial charge in [0.25, 0.3) is 0 Å². The average molecular weight is 281 g/mol. The van der Waals surface area contributed by atoms with Gasteiger partial charge in [-0.05, 0) is 64.1 Å². The molecule has 0 spiro atoms. The van der Waals surface area contributed by atoms with Gasteiger partial charge >= 0.3 is 0 Å². The lowest BCUT2D eigenvalue weighted by atomic mass is 9.88. The van der Waals surface area contributed by atoms with Crippen molar-refractivity contribution in [2.45, 2.75) is 58.5 Å². The molecule has 0 aliphatic carbocycles. The van der Waals surface area contributed by atoms with Crippen molar-refractivity contribution < 1.29 is 4.79 Å². The van der Waals surface area contributed by atoms with E-state index in [2.05, 4.69) is 36.3 Å². The summed E-state index contributed by atoms with van der Waals surface area (Å²) in [5, 5.41) is 6.72. The zero-order chi connectivity index (χ0) is 14.5. The smallest absolute Gasteiger partial charge is 0.234 e. The molecule has 2 fully saturated rings. The lowest BCUT2D eigenvalue weighted by Gasteiger charge is -2.34. The third-order valence-corrected chi connectivity index (χ3v) is 5.06. The van der Waals surface area contributed by atoms with Crippen molar-refractivity contribution in [3.8, 4) is 0 Å². The van der Waals surface area contributed by atoms with Crippen molar-refractivity contribution in [2.24, 2.45) is 11.8 Å². The van der Waals surface area contributed by atoms with Crippen LogP contribution >= 0.6 is 0 Å². The zero-order valence-corrected chi connectivity index (χ0v) is 13.3. The second-order valence-electron chi connectivity index (χ2n) is 6.92. The molecule has 0 bridgehead atoms.